The molecule has 0 saturated carbocycles. The third kappa shape index (κ3) is 3.40. The zero-order chi connectivity index (χ0) is 20.5. The van der Waals surface area contributed by atoms with E-state index in [0.717, 1.165) is 11.3 Å². The number of carbonyl (C=O) groups is 1. The number of ether oxygens (including phenoxy) is 1. The van der Waals surface area contributed by atoms with E-state index in [9.17, 15) is 9.59 Å². The maximum atomic E-state index is 13.3. The fourth-order valence-corrected chi connectivity index (χ4v) is 3.77. The number of rotatable bonds is 6. The number of hydrogen-bond acceptors (Lipinski definition) is 5. The number of benzene rings is 2. The molecule has 0 spiro atoms. The Morgan fingerprint density at radius 3 is 2.48 bits per heavy atom. The third-order valence-corrected chi connectivity index (χ3v) is 5.17. The van der Waals surface area contributed by atoms with E-state index in [1.807, 2.05) is 50.2 Å². The molecule has 3 aromatic rings. The molecule has 4 rings (SSSR count). The van der Waals surface area contributed by atoms with Gasteiger partial charge in [0.1, 0.15) is 11.3 Å². The summed E-state index contributed by atoms with van der Waals surface area (Å²) in [5.74, 6) is 0.654. The van der Waals surface area contributed by atoms with Crippen LogP contribution in [0.25, 0.3) is 11.0 Å². The molecule has 1 aromatic heterocycles. The lowest BCUT2D eigenvalue weighted by molar-refractivity contribution is 0.0716. The second-order valence-corrected chi connectivity index (χ2v) is 7.38. The monoisotopic (exact) mass is 392 g/mol. The fraction of sp³-hybridized carbons (Fsp3) is 0.304. The van der Waals surface area contributed by atoms with Gasteiger partial charge in [-0.25, -0.2) is 0 Å². The Balaban J connectivity index is 1.87. The summed E-state index contributed by atoms with van der Waals surface area (Å²) in [4.78, 5) is 30.3. The van der Waals surface area contributed by atoms with Gasteiger partial charge in [-0.2, -0.15) is 0 Å². The number of hydrogen-bond donors (Lipinski definition) is 0. The molecule has 0 unspecified atom stereocenters. The number of carbonyl (C=O) groups excluding carboxylic acids is 1. The summed E-state index contributed by atoms with van der Waals surface area (Å²) in [7, 11) is 3.91. The van der Waals surface area contributed by atoms with E-state index < -0.39 is 6.04 Å². The molecule has 1 aliphatic heterocycles. The Kier molecular flexibility index (Phi) is 5.11. The van der Waals surface area contributed by atoms with Crippen LogP contribution < -0.4 is 10.2 Å². The number of likely N-dealkylation sites (N-methyl/N-ethyl adjacent to an activating group) is 1. The molecule has 150 valence electrons. The van der Waals surface area contributed by atoms with Crippen LogP contribution >= 0.6 is 0 Å². The normalized spacial score (nSPS) is 15.9. The molecule has 29 heavy (non-hydrogen) atoms. The number of fused-ring (bicyclic) bond motifs is 2. The van der Waals surface area contributed by atoms with Crippen LogP contribution in [0, 0.1) is 0 Å². The first-order valence-corrected chi connectivity index (χ1v) is 9.75. The highest BCUT2D eigenvalue weighted by Gasteiger charge is 2.42. The lowest BCUT2D eigenvalue weighted by atomic mass is 9.98. The van der Waals surface area contributed by atoms with E-state index in [1.54, 1.807) is 29.2 Å². The predicted molar refractivity (Wildman–Crippen MR) is 112 cm³/mol. The van der Waals surface area contributed by atoms with E-state index in [0.29, 0.717) is 36.2 Å². The van der Waals surface area contributed by atoms with Gasteiger partial charge < -0.3 is 19.0 Å². The average molecular weight is 392 g/mol. The van der Waals surface area contributed by atoms with Crippen LogP contribution in [-0.2, 0) is 0 Å². The molecule has 6 heteroatoms. The molecule has 0 fully saturated rings. The molecule has 6 nitrogen and oxygen atoms in total. The van der Waals surface area contributed by atoms with Gasteiger partial charge in [0.15, 0.2) is 5.43 Å². The maximum Gasteiger partial charge on any atom is 0.290 e. The molecule has 1 aliphatic rings. The Hall–Kier alpha value is -3.12. The van der Waals surface area contributed by atoms with Crippen molar-refractivity contribution < 1.29 is 13.9 Å². The Morgan fingerprint density at radius 2 is 1.79 bits per heavy atom. The fourth-order valence-electron chi connectivity index (χ4n) is 3.77. The highest BCUT2D eigenvalue weighted by molar-refractivity contribution is 5.99. The van der Waals surface area contributed by atoms with Crippen LogP contribution in [0.3, 0.4) is 0 Å². The minimum atomic E-state index is -0.478. The number of para-hydroxylation sites is 1. The first-order valence-electron chi connectivity index (χ1n) is 9.75. The summed E-state index contributed by atoms with van der Waals surface area (Å²) >= 11 is 0. The highest BCUT2D eigenvalue weighted by atomic mass is 16.5. The van der Waals surface area contributed by atoms with Gasteiger partial charge in [0.25, 0.3) is 5.91 Å². The SMILES string of the molecule is CCOc1ccc([C@@H]2c3c(oc4ccccc4c3=O)C(=O)N2CCN(C)C)cc1. The van der Waals surface area contributed by atoms with Gasteiger partial charge in [0.2, 0.25) is 5.76 Å². The lowest BCUT2D eigenvalue weighted by Gasteiger charge is -2.26. The Bertz CT molecular complexity index is 1100. The molecule has 0 radical (unpaired) electrons. The van der Waals surface area contributed by atoms with E-state index in [2.05, 4.69) is 0 Å². The van der Waals surface area contributed by atoms with Crippen LogP contribution in [0.15, 0.2) is 57.7 Å². The van der Waals surface area contributed by atoms with Gasteiger partial charge in [0.05, 0.1) is 23.6 Å². The Morgan fingerprint density at radius 1 is 1.07 bits per heavy atom. The minimum absolute atomic E-state index is 0.145. The van der Waals surface area contributed by atoms with Gasteiger partial charge in [-0.3, -0.25) is 9.59 Å². The van der Waals surface area contributed by atoms with E-state index in [-0.39, 0.29) is 17.1 Å². The standard InChI is InChI=1S/C23H24N2O4/c1-4-28-16-11-9-15(10-12-16)20-19-21(26)17-7-5-6-8-18(17)29-22(19)23(27)25(20)14-13-24(2)3/h5-12,20H,4,13-14H2,1-3H3/t20-/m1/s1. The summed E-state index contributed by atoms with van der Waals surface area (Å²) in [6.45, 7) is 3.68. The number of amides is 1. The second-order valence-electron chi connectivity index (χ2n) is 7.38. The predicted octanol–water partition coefficient (Wildman–Crippen LogP) is 3.30. The van der Waals surface area contributed by atoms with Crippen LogP contribution in [-0.4, -0.2) is 49.5 Å². The van der Waals surface area contributed by atoms with Crippen molar-refractivity contribution in [1.29, 1.82) is 0 Å². The van der Waals surface area contributed by atoms with Crippen LogP contribution in [0.5, 0.6) is 5.75 Å². The molecule has 1 atom stereocenters. The smallest absolute Gasteiger partial charge is 0.290 e. The van der Waals surface area contributed by atoms with E-state index in [1.165, 1.54) is 0 Å². The zero-order valence-electron chi connectivity index (χ0n) is 16.8. The molecule has 0 saturated heterocycles. The van der Waals surface area contributed by atoms with Gasteiger partial charge in [-0.05, 0) is 50.8 Å². The van der Waals surface area contributed by atoms with Gasteiger partial charge in [-0.15, -0.1) is 0 Å². The van der Waals surface area contributed by atoms with Crippen molar-refractivity contribution >= 4 is 16.9 Å². The zero-order valence-corrected chi connectivity index (χ0v) is 16.8. The molecular weight excluding hydrogens is 368 g/mol. The first-order chi connectivity index (χ1) is 14.0. The molecule has 0 bridgehead atoms. The minimum Gasteiger partial charge on any atom is -0.494 e. The van der Waals surface area contributed by atoms with Crippen molar-refractivity contribution in [2.24, 2.45) is 0 Å². The summed E-state index contributed by atoms with van der Waals surface area (Å²) in [6, 6.07) is 14.1. The van der Waals surface area contributed by atoms with Gasteiger partial charge in [0, 0.05) is 13.1 Å². The van der Waals surface area contributed by atoms with Gasteiger partial charge in [-0.1, -0.05) is 24.3 Å². The van der Waals surface area contributed by atoms with E-state index in [4.69, 9.17) is 9.15 Å². The molecule has 0 N–H and O–H groups in total. The highest BCUT2D eigenvalue weighted by Crippen LogP contribution is 2.38. The summed E-state index contributed by atoms with van der Waals surface area (Å²) < 4.78 is 11.5. The quantitative estimate of drug-likeness (QED) is 0.644. The molecule has 0 aliphatic carbocycles. The van der Waals surface area contributed by atoms with Crippen molar-refractivity contribution in [3.63, 3.8) is 0 Å². The van der Waals surface area contributed by atoms with Crippen LogP contribution in [0.2, 0.25) is 0 Å². The largest absolute Gasteiger partial charge is 0.494 e. The molecule has 2 aromatic carbocycles. The lowest BCUT2D eigenvalue weighted by Crippen LogP contribution is -2.35. The van der Waals surface area contributed by atoms with Crippen molar-refractivity contribution in [3.05, 3.63) is 75.6 Å². The molecule has 1 amide bonds. The maximum absolute atomic E-state index is 13.3. The van der Waals surface area contributed by atoms with Crippen molar-refractivity contribution in [2.75, 3.05) is 33.8 Å². The topological polar surface area (TPSA) is 63.0 Å². The average Bonchev–Trinajstić information content (AvgIpc) is 2.99. The third-order valence-electron chi connectivity index (χ3n) is 5.17. The van der Waals surface area contributed by atoms with Gasteiger partial charge >= 0.3 is 0 Å². The van der Waals surface area contributed by atoms with Crippen molar-refractivity contribution in [3.8, 4) is 5.75 Å². The van der Waals surface area contributed by atoms with Crippen LogP contribution in [0.4, 0.5) is 0 Å². The summed E-state index contributed by atoms with van der Waals surface area (Å²) in [5.41, 5.74) is 1.56. The number of nitrogens with zero attached hydrogens (tertiary/aromatic N) is 2. The van der Waals surface area contributed by atoms with Crippen molar-refractivity contribution in [1.82, 2.24) is 9.80 Å². The second kappa shape index (κ2) is 7.72. The van der Waals surface area contributed by atoms with Crippen LogP contribution in [0.1, 0.15) is 34.6 Å². The van der Waals surface area contributed by atoms with E-state index >= 15 is 0 Å². The summed E-state index contributed by atoms with van der Waals surface area (Å²) in [5, 5.41) is 0.490. The molecular formula is C23H24N2O4. The van der Waals surface area contributed by atoms with Crippen molar-refractivity contribution in [2.45, 2.75) is 13.0 Å². The summed E-state index contributed by atoms with van der Waals surface area (Å²) in [6.07, 6.45) is 0. The molecule has 2 heterocycles. The first kappa shape index (κ1) is 19.2. The Labute approximate surface area is 169 Å².